The van der Waals surface area contributed by atoms with E-state index in [1.165, 1.54) is 4.90 Å². The Morgan fingerprint density at radius 3 is 2.40 bits per heavy atom. The van der Waals surface area contributed by atoms with E-state index in [4.69, 9.17) is 5.26 Å². The summed E-state index contributed by atoms with van der Waals surface area (Å²) < 4.78 is 0. The fourth-order valence-electron chi connectivity index (χ4n) is 1.92. The van der Waals surface area contributed by atoms with Crippen molar-refractivity contribution >= 4 is 5.91 Å². The monoisotopic (exact) mass is 210 g/mol. The Kier molecular flexibility index (Phi) is 3.05. The van der Waals surface area contributed by atoms with Crippen LogP contribution >= 0.6 is 0 Å². The van der Waals surface area contributed by atoms with Crippen molar-refractivity contribution in [1.29, 1.82) is 5.26 Å². The number of likely N-dealkylation sites (N-methyl/N-ethyl adjacent to an activating group) is 1. The van der Waals surface area contributed by atoms with Gasteiger partial charge in [0.05, 0.1) is 11.7 Å². The van der Waals surface area contributed by atoms with Crippen molar-refractivity contribution in [1.82, 2.24) is 4.90 Å². The highest BCUT2D eigenvalue weighted by Gasteiger charge is 2.46. The molecule has 0 atom stereocenters. The zero-order valence-electron chi connectivity index (χ0n) is 9.58. The number of carbonyl (C=O) groups is 1. The van der Waals surface area contributed by atoms with Crippen molar-refractivity contribution in [2.24, 2.45) is 5.41 Å². The molecule has 15 heavy (non-hydrogen) atoms. The van der Waals surface area contributed by atoms with Gasteiger partial charge in [0, 0.05) is 13.6 Å². The molecule has 0 aromatic rings. The van der Waals surface area contributed by atoms with E-state index < -0.39 is 11.0 Å². The molecular formula is C11H18N2O2. The first-order chi connectivity index (χ1) is 6.81. The fraction of sp³-hybridized carbons (Fsp3) is 0.818. The van der Waals surface area contributed by atoms with Gasteiger partial charge < -0.3 is 10.0 Å². The average molecular weight is 210 g/mol. The highest BCUT2D eigenvalue weighted by molar-refractivity contribution is 5.86. The molecule has 1 aliphatic carbocycles. The molecule has 1 N–H and O–H groups in total. The number of carbonyl (C=O) groups excluding carboxylic acids is 1. The molecule has 0 bridgehead atoms. The summed E-state index contributed by atoms with van der Waals surface area (Å²) in [5, 5.41) is 18.6. The largest absolute Gasteiger partial charge is 0.389 e. The van der Waals surface area contributed by atoms with E-state index in [0.717, 1.165) is 6.42 Å². The van der Waals surface area contributed by atoms with Crippen molar-refractivity contribution in [2.45, 2.75) is 38.7 Å². The summed E-state index contributed by atoms with van der Waals surface area (Å²) in [7, 11) is 1.64. The molecule has 4 nitrogen and oxygen atoms in total. The van der Waals surface area contributed by atoms with Crippen molar-refractivity contribution in [3.05, 3.63) is 0 Å². The van der Waals surface area contributed by atoms with Crippen molar-refractivity contribution in [3.63, 3.8) is 0 Å². The Morgan fingerprint density at radius 2 is 2.13 bits per heavy atom. The SMILES string of the molecule is CN(CC(C)(C)O)C(=O)C1(C#N)CCC1. The van der Waals surface area contributed by atoms with Crippen LogP contribution in [-0.4, -0.2) is 35.1 Å². The molecule has 0 radical (unpaired) electrons. The number of hydrogen-bond donors (Lipinski definition) is 1. The van der Waals surface area contributed by atoms with Gasteiger partial charge in [-0.25, -0.2) is 0 Å². The Morgan fingerprint density at radius 1 is 1.60 bits per heavy atom. The maximum Gasteiger partial charge on any atom is 0.242 e. The maximum atomic E-state index is 11.9. The summed E-state index contributed by atoms with van der Waals surface area (Å²) >= 11 is 0. The molecule has 4 heteroatoms. The Hall–Kier alpha value is -1.08. The zero-order chi connectivity index (χ0) is 11.7. The molecule has 0 unspecified atom stereocenters. The fourth-order valence-corrected chi connectivity index (χ4v) is 1.92. The molecule has 1 saturated carbocycles. The van der Waals surface area contributed by atoms with Crippen LogP contribution in [0.2, 0.25) is 0 Å². The molecule has 84 valence electrons. The summed E-state index contributed by atoms with van der Waals surface area (Å²) in [6.45, 7) is 3.56. The standard InChI is InChI=1S/C11H18N2O2/c1-10(2,15)8-13(3)9(14)11(7-12)5-4-6-11/h15H,4-6,8H2,1-3H3. The normalized spacial score (nSPS) is 18.9. The average Bonchev–Trinajstić information content (AvgIpc) is 1.99. The second-order valence-corrected chi connectivity index (χ2v) is 5.02. The molecule has 0 spiro atoms. The number of rotatable bonds is 3. The topological polar surface area (TPSA) is 64.3 Å². The number of nitriles is 1. The molecule has 1 rings (SSSR count). The molecule has 0 saturated heterocycles. The molecule has 0 aromatic heterocycles. The third-order valence-electron chi connectivity index (χ3n) is 2.80. The van der Waals surface area contributed by atoms with Crippen LogP contribution < -0.4 is 0 Å². The molecule has 1 aliphatic rings. The van der Waals surface area contributed by atoms with Crippen molar-refractivity contribution < 1.29 is 9.90 Å². The van der Waals surface area contributed by atoms with Crippen molar-refractivity contribution in [3.8, 4) is 6.07 Å². The van der Waals surface area contributed by atoms with Crippen LogP contribution in [0, 0.1) is 16.7 Å². The van der Waals surface area contributed by atoms with Crippen LogP contribution in [0.5, 0.6) is 0 Å². The van der Waals surface area contributed by atoms with E-state index in [9.17, 15) is 9.90 Å². The minimum Gasteiger partial charge on any atom is -0.389 e. The van der Waals surface area contributed by atoms with E-state index in [1.807, 2.05) is 0 Å². The lowest BCUT2D eigenvalue weighted by atomic mass is 9.69. The van der Waals surface area contributed by atoms with Gasteiger partial charge in [-0.1, -0.05) is 0 Å². The van der Waals surface area contributed by atoms with E-state index >= 15 is 0 Å². The molecule has 0 aliphatic heterocycles. The molecule has 1 amide bonds. The number of amides is 1. The summed E-state index contributed by atoms with van der Waals surface area (Å²) in [5.74, 6) is -0.154. The Labute approximate surface area is 90.5 Å². The van der Waals surface area contributed by atoms with Gasteiger partial charge in [0.2, 0.25) is 5.91 Å². The second-order valence-electron chi connectivity index (χ2n) is 5.02. The van der Waals surface area contributed by atoms with E-state index in [2.05, 4.69) is 6.07 Å². The van der Waals surface area contributed by atoms with Gasteiger partial charge in [0.1, 0.15) is 5.41 Å². The van der Waals surface area contributed by atoms with Gasteiger partial charge in [-0.05, 0) is 33.1 Å². The van der Waals surface area contributed by atoms with Gasteiger partial charge in [-0.15, -0.1) is 0 Å². The predicted octanol–water partition coefficient (Wildman–Crippen LogP) is 0.910. The summed E-state index contributed by atoms with van der Waals surface area (Å²) in [6.07, 6.45) is 2.24. The smallest absolute Gasteiger partial charge is 0.242 e. The van der Waals surface area contributed by atoms with Crippen molar-refractivity contribution in [2.75, 3.05) is 13.6 Å². The summed E-state index contributed by atoms with van der Waals surface area (Å²) in [5.41, 5.74) is -1.72. The van der Waals surface area contributed by atoms with Gasteiger partial charge in [-0.3, -0.25) is 4.79 Å². The molecule has 0 aromatic carbocycles. The third kappa shape index (κ3) is 2.48. The lowest BCUT2D eigenvalue weighted by molar-refractivity contribution is -0.144. The summed E-state index contributed by atoms with van der Waals surface area (Å²) in [6, 6.07) is 2.11. The summed E-state index contributed by atoms with van der Waals surface area (Å²) in [4.78, 5) is 13.4. The predicted molar refractivity (Wildman–Crippen MR) is 55.8 cm³/mol. The number of hydrogen-bond acceptors (Lipinski definition) is 3. The Bertz CT molecular complexity index is 295. The van der Waals surface area contributed by atoms with Gasteiger partial charge >= 0.3 is 0 Å². The maximum absolute atomic E-state index is 11.9. The van der Waals surface area contributed by atoms with Crippen LogP contribution in [0.4, 0.5) is 0 Å². The van der Waals surface area contributed by atoms with Gasteiger partial charge in [0.15, 0.2) is 0 Å². The minimum atomic E-state index is -0.912. The highest BCUT2D eigenvalue weighted by atomic mass is 16.3. The molecule has 1 fully saturated rings. The van der Waals surface area contributed by atoms with Crippen LogP contribution in [0.1, 0.15) is 33.1 Å². The van der Waals surface area contributed by atoms with Gasteiger partial charge in [0.25, 0.3) is 0 Å². The molecular weight excluding hydrogens is 192 g/mol. The zero-order valence-corrected chi connectivity index (χ0v) is 9.58. The lowest BCUT2D eigenvalue weighted by Crippen LogP contribution is -2.49. The second kappa shape index (κ2) is 3.82. The third-order valence-corrected chi connectivity index (χ3v) is 2.80. The first kappa shape index (κ1) is 12.0. The Balaban J connectivity index is 2.65. The first-order valence-electron chi connectivity index (χ1n) is 5.20. The highest BCUT2D eigenvalue weighted by Crippen LogP contribution is 2.41. The molecule has 0 heterocycles. The first-order valence-corrected chi connectivity index (χ1v) is 5.20. The van der Waals surface area contributed by atoms with E-state index in [0.29, 0.717) is 12.8 Å². The van der Waals surface area contributed by atoms with Crippen LogP contribution in [-0.2, 0) is 4.79 Å². The quantitative estimate of drug-likeness (QED) is 0.753. The van der Waals surface area contributed by atoms with Crippen LogP contribution in [0.25, 0.3) is 0 Å². The lowest BCUT2D eigenvalue weighted by Gasteiger charge is -2.38. The van der Waals surface area contributed by atoms with Gasteiger partial charge in [-0.2, -0.15) is 5.26 Å². The van der Waals surface area contributed by atoms with E-state index in [1.54, 1.807) is 20.9 Å². The van der Waals surface area contributed by atoms with E-state index in [-0.39, 0.29) is 12.5 Å². The number of nitrogens with zero attached hydrogens (tertiary/aromatic N) is 2. The van der Waals surface area contributed by atoms with Crippen LogP contribution in [0.3, 0.4) is 0 Å². The minimum absolute atomic E-state index is 0.154. The van der Waals surface area contributed by atoms with Crippen LogP contribution in [0.15, 0.2) is 0 Å². The number of aliphatic hydroxyl groups is 1.